The molecule has 8 heteroatoms. The molecule has 0 bridgehead atoms. The summed E-state index contributed by atoms with van der Waals surface area (Å²) in [6, 6.07) is 1.25. The predicted octanol–water partition coefficient (Wildman–Crippen LogP) is 4.34. The van der Waals surface area contributed by atoms with E-state index in [9.17, 15) is 4.79 Å². The molecule has 0 fully saturated rings. The average Bonchev–Trinajstić information content (AvgIpc) is 2.50. The van der Waals surface area contributed by atoms with E-state index in [1.165, 1.54) is 18.2 Å². The molecule has 3 N–H and O–H groups in total. The minimum atomic E-state index is 0. The van der Waals surface area contributed by atoms with Crippen molar-refractivity contribution in [2.45, 2.75) is 80.8 Å². The van der Waals surface area contributed by atoms with Crippen LogP contribution in [0.25, 0.3) is 0 Å². The van der Waals surface area contributed by atoms with Gasteiger partial charge in [-0.15, -0.1) is 0 Å². The van der Waals surface area contributed by atoms with Gasteiger partial charge in [0.1, 0.15) is 0 Å². The van der Waals surface area contributed by atoms with Crippen molar-refractivity contribution in [2.24, 2.45) is 11.8 Å². The van der Waals surface area contributed by atoms with Gasteiger partial charge in [0.05, 0.1) is 19.8 Å². The Morgan fingerprint density at radius 2 is 1.41 bits per heavy atom. The van der Waals surface area contributed by atoms with Crippen LogP contribution in [-0.4, -0.2) is 48.2 Å². The van der Waals surface area contributed by atoms with Crippen LogP contribution in [0.5, 0.6) is 0 Å². The molecule has 5 nitrogen and oxygen atoms in total. The van der Waals surface area contributed by atoms with Gasteiger partial charge < -0.3 is 20.1 Å². The Hall–Kier alpha value is 0.874. The van der Waals surface area contributed by atoms with Crippen LogP contribution in [0.4, 0.5) is 0 Å². The van der Waals surface area contributed by atoms with Gasteiger partial charge in [-0.25, -0.2) is 0 Å². The van der Waals surface area contributed by atoms with Crippen molar-refractivity contribution in [1.29, 1.82) is 0 Å². The first kappa shape index (κ1) is 38.5. The molecule has 0 amide bonds. The fourth-order valence-electron chi connectivity index (χ4n) is 1.24. The van der Waals surface area contributed by atoms with Gasteiger partial charge in [-0.2, -0.15) is 0 Å². The van der Waals surface area contributed by atoms with E-state index >= 15 is 0 Å². The molecule has 0 rings (SSSR count). The van der Waals surface area contributed by atoms with E-state index < -0.39 is 0 Å². The monoisotopic (exact) mass is 466 g/mol. The average molecular weight is 467 g/mol. The van der Waals surface area contributed by atoms with E-state index in [1.807, 2.05) is 13.8 Å². The van der Waals surface area contributed by atoms with Crippen molar-refractivity contribution in [3.8, 4) is 0 Å². The number of carbonyl (C=O) groups is 1. The molecule has 0 aliphatic heterocycles. The van der Waals surface area contributed by atoms with Crippen molar-refractivity contribution in [1.82, 2.24) is 5.32 Å². The van der Waals surface area contributed by atoms with Crippen LogP contribution in [0.1, 0.15) is 68.7 Å². The topological polar surface area (TPSA) is 79.1 Å². The first-order valence-corrected chi connectivity index (χ1v) is 10.9. The number of hydrogen-bond acceptors (Lipinski definition) is 5. The van der Waals surface area contributed by atoms with Crippen molar-refractivity contribution < 1.29 is 38.1 Å². The molecular formula is C19H46NO4PSV. The molecule has 0 spiro atoms. The number of carbonyl (C=O) groups excluding carboxylic acids is 1. The van der Waals surface area contributed by atoms with Gasteiger partial charge in [-0.1, -0.05) is 80.5 Å². The van der Waals surface area contributed by atoms with Crippen LogP contribution >= 0.6 is 21.2 Å². The molecule has 0 saturated carbocycles. The second-order valence-electron chi connectivity index (χ2n) is 7.08. The van der Waals surface area contributed by atoms with E-state index in [4.69, 9.17) is 9.26 Å². The zero-order valence-corrected chi connectivity index (χ0v) is 22.4. The largest absolute Gasteiger partial charge is 0.412 e. The van der Waals surface area contributed by atoms with E-state index in [0.717, 1.165) is 11.7 Å². The Morgan fingerprint density at radius 1 is 0.963 bits per heavy atom. The Bertz CT molecular complexity index is 278. The summed E-state index contributed by atoms with van der Waals surface area (Å²) in [5.41, 5.74) is 0. The molecule has 0 saturated heterocycles. The summed E-state index contributed by atoms with van der Waals surface area (Å²) in [6.07, 6.45) is 1.31. The van der Waals surface area contributed by atoms with Gasteiger partial charge in [0, 0.05) is 51.8 Å². The molecule has 167 valence electrons. The van der Waals surface area contributed by atoms with Gasteiger partial charge in [0.15, 0.2) is 5.12 Å². The molecular weight excluding hydrogens is 420 g/mol. The second kappa shape index (κ2) is 29.1. The molecule has 27 heavy (non-hydrogen) atoms. The maximum atomic E-state index is 11.1. The fourth-order valence-corrected chi connectivity index (χ4v) is 2.08. The van der Waals surface area contributed by atoms with E-state index in [-0.39, 0.29) is 35.1 Å². The van der Waals surface area contributed by atoms with Crippen molar-refractivity contribution in [3.63, 3.8) is 0 Å². The van der Waals surface area contributed by atoms with Gasteiger partial charge in [-0.05, 0) is 5.92 Å². The summed E-state index contributed by atoms with van der Waals surface area (Å²) in [5, 5.41) is 3.53. The molecule has 0 aromatic carbocycles. The normalized spacial score (nSPS) is 9.85. The summed E-state index contributed by atoms with van der Waals surface area (Å²) in [6.45, 7) is 20.8. The van der Waals surface area contributed by atoms with Gasteiger partial charge in [0.2, 0.25) is 0 Å². The first-order valence-electron chi connectivity index (χ1n) is 9.40. The Labute approximate surface area is 187 Å². The Kier molecular flexibility index (Phi) is 41.4. The van der Waals surface area contributed by atoms with Crippen LogP contribution in [0.15, 0.2) is 0 Å². The predicted molar refractivity (Wildman–Crippen MR) is 121 cm³/mol. The van der Waals surface area contributed by atoms with Crippen LogP contribution in [0.3, 0.4) is 0 Å². The summed E-state index contributed by atoms with van der Waals surface area (Å²) >= 11 is 1.33. The van der Waals surface area contributed by atoms with E-state index in [0.29, 0.717) is 31.9 Å². The van der Waals surface area contributed by atoms with Gasteiger partial charge in [0.25, 0.3) is 0 Å². The van der Waals surface area contributed by atoms with Gasteiger partial charge >= 0.3 is 0 Å². The van der Waals surface area contributed by atoms with Crippen LogP contribution in [-0.2, 0) is 32.6 Å². The van der Waals surface area contributed by atoms with E-state index in [2.05, 4.69) is 63.2 Å². The molecule has 1 atom stereocenters. The third kappa shape index (κ3) is 46.7. The summed E-state index contributed by atoms with van der Waals surface area (Å²) in [7, 11) is 2.16. The smallest absolute Gasteiger partial charge is 0.191 e. The maximum absolute atomic E-state index is 11.1. The summed E-state index contributed by atoms with van der Waals surface area (Å²) in [5.74, 6) is 1.73. The van der Waals surface area contributed by atoms with Crippen LogP contribution < -0.4 is 5.32 Å². The number of thioether (sulfide) groups is 1. The molecule has 0 aliphatic carbocycles. The van der Waals surface area contributed by atoms with Crippen molar-refractivity contribution >= 4 is 26.3 Å². The number of hydrogen-bond donors (Lipinski definition) is 1. The molecule has 0 aliphatic rings. The second-order valence-corrected chi connectivity index (χ2v) is 8.52. The molecule has 0 aromatic heterocycles. The first-order chi connectivity index (χ1) is 11.6. The quantitative estimate of drug-likeness (QED) is 0.383. The SMILES string of the molecule is CC(C)C(=O)SCCOCCOP.CC(C)NC(C)C.CCC(C)C.O.[V]. The zero-order chi connectivity index (χ0) is 20.3. The number of rotatable bonds is 10. The van der Waals surface area contributed by atoms with Crippen molar-refractivity contribution in [3.05, 3.63) is 0 Å². The minimum absolute atomic E-state index is 0. The summed E-state index contributed by atoms with van der Waals surface area (Å²) in [4.78, 5) is 11.1. The molecule has 1 unspecified atom stereocenters. The van der Waals surface area contributed by atoms with Crippen LogP contribution in [0.2, 0.25) is 0 Å². The zero-order valence-electron chi connectivity index (χ0n) is 19.0. The number of nitrogens with one attached hydrogen (secondary N) is 1. The molecule has 1 radical (unpaired) electrons. The van der Waals surface area contributed by atoms with Crippen LogP contribution in [0, 0.1) is 11.8 Å². The maximum Gasteiger partial charge on any atom is 0.191 e. The standard InChI is InChI=1S/C8H17O3PS.C6H15N.C5H12.H2O.V/c1-7(2)8(9)13-6-5-10-3-4-11-12;1-5(2)7-6(3)4;1-4-5(2)3;;/h7H,3-6,12H2,1-2H3;5-7H,1-4H3;5H,4H2,1-3H3;1H2;. The molecule has 0 heterocycles. The summed E-state index contributed by atoms with van der Waals surface area (Å²) < 4.78 is 9.92. The third-order valence-corrected chi connectivity index (χ3v) is 4.13. The number of ether oxygens (including phenoxy) is 1. The van der Waals surface area contributed by atoms with Crippen molar-refractivity contribution in [2.75, 3.05) is 25.6 Å². The third-order valence-electron chi connectivity index (χ3n) is 2.77. The minimum Gasteiger partial charge on any atom is -0.412 e. The fraction of sp³-hybridized carbons (Fsp3) is 0.947. The van der Waals surface area contributed by atoms with Gasteiger partial charge in [-0.3, -0.25) is 4.79 Å². The van der Waals surface area contributed by atoms with E-state index in [1.54, 1.807) is 0 Å². The molecule has 0 aromatic rings. The Morgan fingerprint density at radius 3 is 1.67 bits per heavy atom. The Balaban J connectivity index is -0.0000000982.